The van der Waals surface area contributed by atoms with Gasteiger partial charge in [-0.25, -0.2) is 0 Å². The summed E-state index contributed by atoms with van der Waals surface area (Å²) in [5.41, 5.74) is 3.72. The van der Waals surface area contributed by atoms with Crippen LogP contribution >= 0.6 is 0 Å². The molecule has 0 saturated heterocycles. The van der Waals surface area contributed by atoms with E-state index in [4.69, 9.17) is 0 Å². The normalized spacial score (nSPS) is 11.1. The highest BCUT2D eigenvalue weighted by atomic mass is 16.5. The molecule has 0 spiro atoms. The number of benzene rings is 1. The number of hydroxylamine groups is 1. The molecule has 0 saturated carbocycles. The van der Waals surface area contributed by atoms with Crippen molar-refractivity contribution < 1.29 is 9.66 Å². The van der Waals surface area contributed by atoms with Gasteiger partial charge in [-0.05, 0) is 19.1 Å². The SMILES string of the molecule is CC(=O)c1cccc(NN=[N+](C)[O-])c1. The number of carbonyl (C=O) groups excluding carboxylic acids is 1. The minimum Gasteiger partial charge on any atom is -0.696 e. The molecule has 0 aliphatic heterocycles. The quantitative estimate of drug-likeness (QED) is 0.344. The molecule has 0 amide bonds. The first kappa shape index (κ1) is 10.2. The average molecular weight is 193 g/mol. The second kappa shape index (κ2) is 4.36. The third kappa shape index (κ3) is 2.85. The Bertz CT molecular complexity index is 370. The fourth-order valence-electron chi connectivity index (χ4n) is 0.936. The number of nitrogens with zero attached hydrogens (tertiary/aromatic N) is 2. The lowest BCUT2D eigenvalue weighted by molar-refractivity contribution is -0.497. The molecule has 0 unspecified atom stereocenters. The maximum absolute atomic E-state index is 11.0. The van der Waals surface area contributed by atoms with Gasteiger partial charge in [0.25, 0.3) is 0 Å². The van der Waals surface area contributed by atoms with E-state index in [-0.39, 0.29) is 5.78 Å². The number of ketones is 1. The fraction of sp³-hybridized carbons (Fsp3) is 0.222. The summed E-state index contributed by atoms with van der Waals surface area (Å²) in [7, 11) is 1.27. The Labute approximate surface area is 81.6 Å². The van der Waals surface area contributed by atoms with Crippen molar-refractivity contribution in [2.75, 3.05) is 12.5 Å². The molecule has 5 nitrogen and oxygen atoms in total. The van der Waals surface area contributed by atoms with Gasteiger partial charge in [-0.2, -0.15) is 4.86 Å². The molecule has 0 radical (unpaired) electrons. The van der Waals surface area contributed by atoms with E-state index in [0.717, 1.165) is 0 Å². The summed E-state index contributed by atoms with van der Waals surface area (Å²) in [6.07, 6.45) is 0. The predicted molar refractivity (Wildman–Crippen MR) is 52.0 cm³/mol. The fourth-order valence-corrected chi connectivity index (χ4v) is 0.936. The monoisotopic (exact) mass is 193 g/mol. The minimum absolute atomic E-state index is 0.0240. The van der Waals surface area contributed by atoms with Crippen molar-refractivity contribution in [3.63, 3.8) is 0 Å². The summed E-state index contributed by atoms with van der Waals surface area (Å²) < 4.78 is 0. The number of Topliss-reactive ketones (excluding diaryl/α,β-unsaturated/α-hetero) is 1. The van der Waals surface area contributed by atoms with Crippen molar-refractivity contribution in [3.8, 4) is 0 Å². The van der Waals surface area contributed by atoms with Crippen molar-refractivity contribution in [2.45, 2.75) is 6.92 Å². The number of hydrogen-bond acceptors (Lipinski definition) is 3. The van der Waals surface area contributed by atoms with E-state index in [1.165, 1.54) is 14.0 Å². The first-order valence-electron chi connectivity index (χ1n) is 4.08. The lowest BCUT2D eigenvalue weighted by Gasteiger charge is -1.99. The molecule has 1 aromatic carbocycles. The zero-order chi connectivity index (χ0) is 10.6. The van der Waals surface area contributed by atoms with E-state index in [1.807, 2.05) is 0 Å². The zero-order valence-electron chi connectivity index (χ0n) is 8.02. The maximum atomic E-state index is 11.0. The summed E-state index contributed by atoms with van der Waals surface area (Å²) >= 11 is 0. The predicted octanol–water partition coefficient (Wildman–Crippen LogP) is 1.81. The van der Waals surface area contributed by atoms with E-state index in [2.05, 4.69) is 10.6 Å². The summed E-state index contributed by atoms with van der Waals surface area (Å²) in [6.45, 7) is 1.48. The Kier molecular flexibility index (Phi) is 3.17. The Morgan fingerprint density at radius 1 is 1.57 bits per heavy atom. The molecule has 0 aliphatic rings. The Hall–Kier alpha value is -1.91. The van der Waals surface area contributed by atoms with E-state index < -0.39 is 0 Å². The Balaban J connectivity index is 2.84. The Morgan fingerprint density at radius 2 is 2.29 bits per heavy atom. The van der Waals surface area contributed by atoms with E-state index >= 15 is 0 Å². The topological polar surface area (TPSA) is 67.5 Å². The molecule has 74 valence electrons. The van der Waals surface area contributed by atoms with Crippen LogP contribution in [0.4, 0.5) is 5.69 Å². The van der Waals surface area contributed by atoms with E-state index in [1.54, 1.807) is 24.3 Å². The second-order valence-electron chi connectivity index (χ2n) is 2.81. The number of rotatable bonds is 3. The van der Waals surface area contributed by atoms with Gasteiger partial charge in [-0.15, -0.1) is 5.43 Å². The van der Waals surface area contributed by atoms with Gasteiger partial charge >= 0.3 is 0 Å². The smallest absolute Gasteiger partial charge is 0.159 e. The molecule has 0 aliphatic carbocycles. The molecule has 0 atom stereocenters. The van der Waals surface area contributed by atoms with Crippen LogP contribution in [0.1, 0.15) is 17.3 Å². The first-order valence-corrected chi connectivity index (χ1v) is 4.08. The van der Waals surface area contributed by atoms with Crippen LogP contribution in [-0.4, -0.2) is 17.7 Å². The second-order valence-corrected chi connectivity index (χ2v) is 2.81. The molecular formula is C9H11N3O2. The van der Waals surface area contributed by atoms with Crippen LogP contribution in [0.3, 0.4) is 0 Å². The first-order chi connectivity index (χ1) is 6.59. The van der Waals surface area contributed by atoms with Gasteiger partial charge in [0.1, 0.15) is 12.7 Å². The van der Waals surface area contributed by atoms with Crippen molar-refractivity contribution >= 4 is 11.5 Å². The lowest BCUT2D eigenvalue weighted by Crippen LogP contribution is -1.98. The van der Waals surface area contributed by atoms with Gasteiger partial charge in [0.05, 0.1) is 5.22 Å². The number of hydrogen-bond donors (Lipinski definition) is 1. The van der Waals surface area contributed by atoms with Crippen molar-refractivity contribution in [2.24, 2.45) is 5.22 Å². The highest BCUT2D eigenvalue weighted by Crippen LogP contribution is 2.10. The molecule has 1 rings (SSSR count). The third-order valence-electron chi connectivity index (χ3n) is 1.59. The van der Waals surface area contributed by atoms with Crippen molar-refractivity contribution in [1.82, 2.24) is 0 Å². The van der Waals surface area contributed by atoms with Crippen LogP contribution in [0.5, 0.6) is 0 Å². The van der Waals surface area contributed by atoms with Gasteiger partial charge in [-0.3, -0.25) is 4.79 Å². The van der Waals surface area contributed by atoms with Crippen LogP contribution in [0.15, 0.2) is 29.5 Å². The summed E-state index contributed by atoms with van der Waals surface area (Å²) in [4.78, 5) is 11.4. The maximum Gasteiger partial charge on any atom is 0.159 e. The molecule has 0 fully saturated rings. The van der Waals surface area contributed by atoms with Gasteiger partial charge in [-0.1, -0.05) is 12.1 Å². The van der Waals surface area contributed by atoms with Crippen LogP contribution in [-0.2, 0) is 0 Å². The summed E-state index contributed by atoms with van der Waals surface area (Å²) in [5, 5.41) is 13.9. The average Bonchev–Trinajstić information content (AvgIpc) is 2.15. The molecule has 1 N–H and O–H groups in total. The number of nitrogens with one attached hydrogen (secondary N) is 1. The lowest BCUT2D eigenvalue weighted by atomic mass is 10.1. The largest absolute Gasteiger partial charge is 0.696 e. The zero-order valence-corrected chi connectivity index (χ0v) is 8.02. The molecule has 0 bridgehead atoms. The van der Waals surface area contributed by atoms with E-state index in [0.29, 0.717) is 16.1 Å². The van der Waals surface area contributed by atoms with Crippen LogP contribution < -0.4 is 5.43 Å². The van der Waals surface area contributed by atoms with Crippen LogP contribution in [0, 0.1) is 5.21 Å². The molecule has 14 heavy (non-hydrogen) atoms. The van der Waals surface area contributed by atoms with E-state index in [9.17, 15) is 10.0 Å². The van der Waals surface area contributed by atoms with Crippen LogP contribution in [0.25, 0.3) is 0 Å². The molecular weight excluding hydrogens is 182 g/mol. The Morgan fingerprint density at radius 3 is 2.86 bits per heavy atom. The minimum atomic E-state index is -0.0240. The molecule has 1 aromatic rings. The number of carbonyl (C=O) groups is 1. The van der Waals surface area contributed by atoms with Crippen LogP contribution in [0.2, 0.25) is 0 Å². The van der Waals surface area contributed by atoms with Crippen molar-refractivity contribution in [1.29, 1.82) is 0 Å². The van der Waals surface area contributed by atoms with Crippen molar-refractivity contribution in [3.05, 3.63) is 35.0 Å². The number of anilines is 1. The van der Waals surface area contributed by atoms with Gasteiger partial charge in [0.2, 0.25) is 0 Å². The standard InChI is InChI=1S/C9H11N3O2/c1-7(13)8-4-3-5-9(6-8)10-11-12(2)14/h3-6,10H,1-2H3. The van der Waals surface area contributed by atoms with Gasteiger partial charge in [0, 0.05) is 5.56 Å². The van der Waals surface area contributed by atoms with Gasteiger partial charge in [0.15, 0.2) is 5.78 Å². The highest BCUT2D eigenvalue weighted by Gasteiger charge is 2.01. The molecule has 0 heterocycles. The third-order valence-corrected chi connectivity index (χ3v) is 1.59. The molecule has 0 aromatic heterocycles. The summed E-state index contributed by atoms with van der Waals surface area (Å²) in [6, 6.07) is 6.78. The highest BCUT2D eigenvalue weighted by molar-refractivity contribution is 5.94. The molecule has 5 heteroatoms. The summed E-state index contributed by atoms with van der Waals surface area (Å²) in [5.74, 6) is -0.0240. The van der Waals surface area contributed by atoms with Gasteiger partial charge < -0.3 is 5.21 Å².